The molecule has 0 aliphatic rings. The van der Waals surface area contributed by atoms with Crippen LogP contribution in [-0.4, -0.2) is 20.6 Å². The normalized spacial score (nSPS) is 10.7. The third-order valence-electron chi connectivity index (χ3n) is 3.15. The van der Waals surface area contributed by atoms with Crippen molar-refractivity contribution in [2.24, 2.45) is 0 Å². The van der Waals surface area contributed by atoms with E-state index in [1.165, 1.54) is 16.7 Å². The molecule has 1 aromatic heterocycles. The van der Waals surface area contributed by atoms with Gasteiger partial charge in [0.1, 0.15) is 5.82 Å². The van der Waals surface area contributed by atoms with Gasteiger partial charge in [-0.2, -0.15) is 4.98 Å². The predicted molar refractivity (Wildman–Crippen MR) is 78.3 cm³/mol. The Kier molecular flexibility index (Phi) is 4.22. The number of rotatable bonds is 3. The molecule has 21 heavy (non-hydrogen) atoms. The van der Waals surface area contributed by atoms with Gasteiger partial charge in [0, 0.05) is 17.0 Å². The van der Waals surface area contributed by atoms with Crippen molar-refractivity contribution in [3.63, 3.8) is 0 Å². The maximum Gasteiger partial charge on any atom is 0.352 e. The SMILES string of the molecule is Cc1nc(=O)n(-c2ccc(Br)c(F)c2)c(C)c1CC(=O)O. The summed E-state index contributed by atoms with van der Waals surface area (Å²) in [6.45, 7) is 3.20. The number of aromatic nitrogens is 2. The molecule has 0 spiro atoms. The largest absolute Gasteiger partial charge is 0.481 e. The lowest BCUT2D eigenvalue weighted by Crippen LogP contribution is -2.27. The zero-order valence-electron chi connectivity index (χ0n) is 11.4. The molecule has 2 rings (SSSR count). The third-order valence-corrected chi connectivity index (χ3v) is 3.80. The first kappa shape index (κ1) is 15.4. The molecule has 1 N–H and O–H groups in total. The van der Waals surface area contributed by atoms with Gasteiger partial charge in [-0.05, 0) is 48.0 Å². The number of carbonyl (C=O) groups is 1. The molecule has 0 radical (unpaired) electrons. The van der Waals surface area contributed by atoms with Gasteiger partial charge in [-0.3, -0.25) is 9.36 Å². The number of hydrogen-bond donors (Lipinski definition) is 1. The monoisotopic (exact) mass is 354 g/mol. The lowest BCUT2D eigenvalue weighted by molar-refractivity contribution is -0.136. The standard InChI is InChI=1S/C14H12BrFN2O3/c1-7-10(6-13(19)20)8(2)18(14(21)17-7)9-3-4-11(15)12(16)5-9/h3-5H,6H2,1-2H3,(H,19,20). The maximum atomic E-state index is 13.6. The number of aliphatic carboxylic acids is 1. The van der Waals surface area contributed by atoms with Gasteiger partial charge in [-0.15, -0.1) is 0 Å². The quantitative estimate of drug-likeness (QED) is 0.918. The fourth-order valence-electron chi connectivity index (χ4n) is 2.14. The van der Waals surface area contributed by atoms with E-state index in [9.17, 15) is 14.0 Å². The molecular formula is C14H12BrFN2O3. The molecule has 0 amide bonds. The Morgan fingerprint density at radius 3 is 2.67 bits per heavy atom. The summed E-state index contributed by atoms with van der Waals surface area (Å²) in [5, 5.41) is 8.95. The van der Waals surface area contributed by atoms with E-state index in [1.54, 1.807) is 19.9 Å². The molecule has 2 aromatic rings. The molecule has 0 fully saturated rings. The van der Waals surface area contributed by atoms with Crippen LogP contribution in [0.15, 0.2) is 27.5 Å². The summed E-state index contributed by atoms with van der Waals surface area (Å²) >= 11 is 3.04. The summed E-state index contributed by atoms with van der Waals surface area (Å²) in [5.74, 6) is -1.53. The van der Waals surface area contributed by atoms with E-state index in [4.69, 9.17) is 5.11 Å². The summed E-state index contributed by atoms with van der Waals surface area (Å²) in [7, 11) is 0. The van der Waals surface area contributed by atoms with Gasteiger partial charge in [0.05, 0.1) is 16.6 Å². The molecule has 0 atom stereocenters. The molecular weight excluding hydrogens is 343 g/mol. The third kappa shape index (κ3) is 3.02. The number of halogens is 2. The van der Waals surface area contributed by atoms with Crippen LogP contribution in [-0.2, 0) is 11.2 Å². The van der Waals surface area contributed by atoms with Crippen LogP contribution < -0.4 is 5.69 Å². The molecule has 0 aliphatic carbocycles. The second-order valence-electron chi connectivity index (χ2n) is 4.55. The first-order chi connectivity index (χ1) is 9.81. The molecule has 0 saturated carbocycles. The van der Waals surface area contributed by atoms with Gasteiger partial charge < -0.3 is 5.11 Å². The molecule has 0 unspecified atom stereocenters. The van der Waals surface area contributed by atoms with Gasteiger partial charge in [0.25, 0.3) is 0 Å². The smallest absolute Gasteiger partial charge is 0.352 e. The van der Waals surface area contributed by atoms with E-state index in [1.807, 2.05) is 0 Å². The molecule has 1 aromatic carbocycles. The Morgan fingerprint density at radius 1 is 1.43 bits per heavy atom. The number of benzene rings is 1. The highest BCUT2D eigenvalue weighted by Gasteiger charge is 2.16. The van der Waals surface area contributed by atoms with Crippen LogP contribution in [0.25, 0.3) is 5.69 Å². The molecule has 1 heterocycles. The van der Waals surface area contributed by atoms with Crippen LogP contribution in [0.4, 0.5) is 4.39 Å². The Labute approximate surface area is 128 Å². The second-order valence-corrected chi connectivity index (χ2v) is 5.40. The first-order valence-electron chi connectivity index (χ1n) is 6.07. The Morgan fingerprint density at radius 2 is 2.10 bits per heavy atom. The van der Waals surface area contributed by atoms with Crippen molar-refractivity contribution in [2.75, 3.05) is 0 Å². The minimum Gasteiger partial charge on any atom is -0.481 e. The van der Waals surface area contributed by atoms with Crippen molar-refractivity contribution >= 4 is 21.9 Å². The van der Waals surface area contributed by atoms with E-state index >= 15 is 0 Å². The number of nitrogens with zero attached hydrogens (tertiary/aromatic N) is 2. The van der Waals surface area contributed by atoms with Crippen LogP contribution in [0.3, 0.4) is 0 Å². The molecule has 7 heteroatoms. The summed E-state index contributed by atoms with van der Waals surface area (Å²) in [5.41, 5.74) is 0.994. The topological polar surface area (TPSA) is 72.2 Å². The van der Waals surface area contributed by atoms with Gasteiger partial charge in [-0.25, -0.2) is 9.18 Å². The van der Waals surface area contributed by atoms with Crippen LogP contribution >= 0.6 is 15.9 Å². The molecule has 0 aliphatic heterocycles. The Hall–Kier alpha value is -2.02. The van der Waals surface area contributed by atoms with Gasteiger partial charge in [-0.1, -0.05) is 0 Å². The Balaban J connectivity index is 2.71. The average Bonchev–Trinajstić information content (AvgIpc) is 2.38. The first-order valence-corrected chi connectivity index (χ1v) is 6.87. The van der Waals surface area contributed by atoms with Crippen LogP contribution in [0.2, 0.25) is 0 Å². The molecule has 5 nitrogen and oxygen atoms in total. The summed E-state index contributed by atoms with van der Waals surface area (Å²) in [6.07, 6.45) is -0.246. The Bertz CT molecular complexity index is 787. The van der Waals surface area contributed by atoms with Gasteiger partial charge in [0.2, 0.25) is 0 Å². The number of carboxylic acid groups (broad SMARTS) is 1. The van der Waals surface area contributed by atoms with Crippen molar-refractivity contribution in [1.82, 2.24) is 9.55 Å². The average molecular weight is 355 g/mol. The van der Waals surface area contributed by atoms with Gasteiger partial charge in [0.15, 0.2) is 0 Å². The van der Waals surface area contributed by atoms with Crippen molar-refractivity contribution in [3.05, 3.63) is 55.9 Å². The van der Waals surface area contributed by atoms with Crippen molar-refractivity contribution in [3.8, 4) is 5.69 Å². The summed E-state index contributed by atoms with van der Waals surface area (Å²) < 4.78 is 15.1. The highest BCUT2D eigenvalue weighted by molar-refractivity contribution is 9.10. The van der Waals surface area contributed by atoms with Crippen LogP contribution in [0.1, 0.15) is 17.0 Å². The zero-order valence-corrected chi connectivity index (χ0v) is 12.9. The zero-order chi connectivity index (χ0) is 15.7. The number of carboxylic acids is 1. The highest BCUT2D eigenvalue weighted by atomic mass is 79.9. The van der Waals surface area contributed by atoms with E-state index in [0.29, 0.717) is 22.6 Å². The van der Waals surface area contributed by atoms with E-state index in [-0.39, 0.29) is 10.9 Å². The van der Waals surface area contributed by atoms with Gasteiger partial charge >= 0.3 is 11.7 Å². The highest BCUT2D eigenvalue weighted by Crippen LogP contribution is 2.20. The lowest BCUT2D eigenvalue weighted by Gasteiger charge is -2.14. The molecule has 0 bridgehead atoms. The predicted octanol–water partition coefficient (Wildman–Crippen LogP) is 2.38. The fraction of sp³-hybridized carbons (Fsp3) is 0.214. The minimum atomic E-state index is -1.02. The minimum absolute atomic E-state index is 0.246. The van der Waals surface area contributed by atoms with Crippen LogP contribution in [0, 0.1) is 19.7 Å². The van der Waals surface area contributed by atoms with E-state index in [2.05, 4.69) is 20.9 Å². The lowest BCUT2D eigenvalue weighted by atomic mass is 10.1. The van der Waals surface area contributed by atoms with Crippen LogP contribution in [0.5, 0.6) is 0 Å². The molecule has 110 valence electrons. The number of hydrogen-bond acceptors (Lipinski definition) is 3. The number of aryl methyl sites for hydroxylation is 1. The van der Waals surface area contributed by atoms with E-state index < -0.39 is 17.5 Å². The van der Waals surface area contributed by atoms with E-state index in [0.717, 1.165) is 0 Å². The summed E-state index contributed by atoms with van der Waals surface area (Å²) in [4.78, 5) is 26.8. The van der Waals surface area contributed by atoms with Crippen molar-refractivity contribution in [1.29, 1.82) is 0 Å². The second kappa shape index (κ2) is 5.77. The van der Waals surface area contributed by atoms with Crippen molar-refractivity contribution < 1.29 is 14.3 Å². The van der Waals surface area contributed by atoms with Crippen molar-refractivity contribution in [2.45, 2.75) is 20.3 Å². The fourth-order valence-corrected chi connectivity index (χ4v) is 2.38. The molecule has 0 saturated heterocycles. The maximum absolute atomic E-state index is 13.6. The summed E-state index contributed by atoms with van der Waals surface area (Å²) in [6, 6.07) is 4.23.